The SMILES string of the molecule is CC(C)(C)C1C=C2C3C(C1)B1C4CC(N(C5C=CCCC5)C5CC=CCC5)SC4N(C4=CCCCC4)C4CC(C5CCCCC5)CC(C14)N3C(C)(C)C21CCCCC1. The molecule has 0 aromatic carbocycles. The van der Waals surface area contributed by atoms with E-state index in [9.17, 15) is 0 Å². The summed E-state index contributed by atoms with van der Waals surface area (Å²) in [5, 5.41) is 1.31. The van der Waals surface area contributed by atoms with Crippen molar-refractivity contribution in [2.75, 3.05) is 0 Å². The van der Waals surface area contributed by atoms with E-state index in [4.69, 9.17) is 0 Å². The predicted molar refractivity (Wildman–Crippen MR) is 248 cm³/mol. The second-order valence-electron chi connectivity index (χ2n) is 24.0. The van der Waals surface area contributed by atoms with Crippen LogP contribution in [0.4, 0.5) is 0 Å². The van der Waals surface area contributed by atoms with Crippen LogP contribution in [0.3, 0.4) is 0 Å². The second-order valence-corrected chi connectivity index (χ2v) is 25.3. The molecule has 7 aliphatic carbocycles. The molecule has 4 heterocycles. The maximum atomic E-state index is 3.43. The van der Waals surface area contributed by atoms with E-state index < -0.39 is 0 Å². The van der Waals surface area contributed by atoms with Crippen molar-refractivity contribution in [3.8, 4) is 0 Å². The van der Waals surface area contributed by atoms with Crippen molar-refractivity contribution in [3.63, 3.8) is 0 Å². The fraction of sp³-hybridized carbons (Fsp3) is 0.849. The molecule has 0 aromatic rings. The number of thioether (sulfide) groups is 1. The third-order valence-corrected chi connectivity index (χ3v) is 21.8. The van der Waals surface area contributed by atoms with Crippen molar-refractivity contribution in [1.29, 1.82) is 0 Å². The summed E-state index contributed by atoms with van der Waals surface area (Å²) in [5.41, 5.74) is 4.74. The molecule has 12 unspecified atom stereocenters. The Hall–Kier alpha value is -0.905. The van der Waals surface area contributed by atoms with Crippen LogP contribution in [0.5, 0.6) is 0 Å². The van der Waals surface area contributed by atoms with Crippen molar-refractivity contribution in [3.05, 3.63) is 47.7 Å². The average Bonchev–Trinajstić information content (AvgIpc) is 3.75. The Kier molecular flexibility index (Phi) is 10.6. The summed E-state index contributed by atoms with van der Waals surface area (Å²) in [7, 11) is 0. The maximum Gasteiger partial charge on any atom is 0.159 e. The molecule has 12 atom stereocenters. The van der Waals surface area contributed by atoms with Crippen molar-refractivity contribution >= 4 is 18.5 Å². The van der Waals surface area contributed by atoms with E-state index in [1.165, 1.54) is 154 Å². The molecule has 318 valence electrons. The number of rotatable bonds is 5. The molecule has 11 aliphatic rings. The largest absolute Gasteiger partial charge is 0.361 e. The lowest BCUT2D eigenvalue weighted by Crippen LogP contribution is -2.72. The fourth-order valence-electron chi connectivity index (χ4n) is 17.6. The van der Waals surface area contributed by atoms with Gasteiger partial charge in [-0.15, -0.1) is 11.8 Å². The van der Waals surface area contributed by atoms with Crippen molar-refractivity contribution in [2.24, 2.45) is 28.6 Å². The van der Waals surface area contributed by atoms with E-state index in [1.807, 2.05) is 11.3 Å². The van der Waals surface area contributed by atoms with E-state index in [-0.39, 0.29) is 5.54 Å². The van der Waals surface area contributed by atoms with Gasteiger partial charge in [0.1, 0.15) is 0 Å². The van der Waals surface area contributed by atoms with E-state index >= 15 is 0 Å². The van der Waals surface area contributed by atoms with Gasteiger partial charge in [0.25, 0.3) is 0 Å². The molecule has 58 heavy (non-hydrogen) atoms. The summed E-state index contributed by atoms with van der Waals surface area (Å²) in [6, 6.07) is 3.51. The molecule has 0 aromatic heterocycles. The van der Waals surface area contributed by atoms with Gasteiger partial charge in [0, 0.05) is 46.9 Å². The minimum absolute atomic E-state index is 0.237. The molecule has 4 aliphatic heterocycles. The molecule has 1 spiro atoms. The first kappa shape index (κ1) is 39.9. The minimum atomic E-state index is 0.237. The molecular weight excluding hydrogens is 721 g/mol. The van der Waals surface area contributed by atoms with Crippen LogP contribution < -0.4 is 0 Å². The highest BCUT2D eigenvalue weighted by Gasteiger charge is 2.73. The van der Waals surface area contributed by atoms with Crippen LogP contribution in [0.25, 0.3) is 0 Å². The van der Waals surface area contributed by atoms with Gasteiger partial charge in [0.2, 0.25) is 0 Å². The first-order valence-electron chi connectivity index (χ1n) is 25.9. The highest BCUT2D eigenvalue weighted by atomic mass is 32.2. The van der Waals surface area contributed by atoms with Crippen molar-refractivity contribution < 1.29 is 0 Å². The number of allylic oxidation sites excluding steroid dienone is 5. The normalized spacial score (nSPS) is 43.6. The van der Waals surface area contributed by atoms with Gasteiger partial charge in [0.05, 0.1) is 10.7 Å². The van der Waals surface area contributed by atoms with Crippen LogP contribution in [-0.4, -0.2) is 67.9 Å². The third-order valence-electron chi connectivity index (χ3n) is 20.2. The molecule has 7 fully saturated rings. The van der Waals surface area contributed by atoms with Crippen molar-refractivity contribution in [2.45, 2.75) is 253 Å². The van der Waals surface area contributed by atoms with Gasteiger partial charge in [-0.2, -0.15) is 0 Å². The molecule has 4 saturated heterocycles. The first-order valence-corrected chi connectivity index (χ1v) is 26.8. The lowest BCUT2D eigenvalue weighted by molar-refractivity contribution is -0.0532. The fourth-order valence-corrected chi connectivity index (χ4v) is 19.7. The number of hydrogen-bond donors (Lipinski definition) is 0. The van der Waals surface area contributed by atoms with Crippen LogP contribution in [0.15, 0.2) is 47.7 Å². The first-order chi connectivity index (χ1) is 28.2. The molecule has 0 amide bonds. The van der Waals surface area contributed by atoms with E-state index in [1.54, 1.807) is 0 Å². The van der Waals surface area contributed by atoms with Crippen LogP contribution in [0.1, 0.15) is 189 Å². The third kappa shape index (κ3) is 6.29. The quantitative estimate of drug-likeness (QED) is 0.202. The van der Waals surface area contributed by atoms with Gasteiger partial charge in [-0.05, 0) is 163 Å². The summed E-state index contributed by atoms with van der Waals surface area (Å²) in [5.74, 6) is 5.01. The smallest absolute Gasteiger partial charge is 0.159 e. The monoisotopic (exact) mass is 804 g/mol. The molecule has 0 N–H and O–H groups in total. The zero-order valence-electron chi connectivity index (χ0n) is 37.8. The Morgan fingerprint density at radius 3 is 2.29 bits per heavy atom. The zero-order chi connectivity index (χ0) is 39.4. The summed E-state index contributed by atoms with van der Waals surface area (Å²) in [6.45, 7) is 14.3. The molecule has 3 saturated carbocycles. The number of fused-ring (bicyclic) bond motifs is 5. The number of nitrogens with zero attached hydrogens (tertiary/aromatic N) is 3. The highest BCUT2D eigenvalue weighted by Crippen LogP contribution is 2.73. The van der Waals surface area contributed by atoms with Crippen LogP contribution in [0, 0.1) is 28.6 Å². The van der Waals surface area contributed by atoms with Crippen molar-refractivity contribution in [1.82, 2.24) is 14.7 Å². The predicted octanol–water partition coefficient (Wildman–Crippen LogP) is 13.8. The van der Waals surface area contributed by atoms with Gasteiger partial charge in [-0.25, -0.2) is 0 Å². The highest BCUT2D eigenvalue weighted by molar-refractivity contribution is 8.00. The van der Waals surface area contributed by atoms with E-state index in [2.05, 4.69) is 97.5 Å². The van der Waals surface area contributed by atoms with Gasteiger partial charge in [-0.3, -0.25) is 9.80 Å². The molecule has 3 nitrogen and oxygen atoms in total. The summed E-state index contributed by atoms with van der Waals surface area (Å²) in [4.78, 5) is 9.95. The Bertz CT molecular complexity index is 1640. The molecule has 0 radical (unpaired) electrons. The standard InChI is InChI=1S/C53H82BN3S/c1-51(2,3)38-33-42-49-43(34-38)54-44-35-47(55(39-23-13-7-14-24-39)40-25-15-8-16-26-40)58-50(44)56(41-27-17-9-18-28-41)45-31-37(36-21-11-6-12-22-36)32-46(48(45)54)57(49)52(4,5)53(42)29-19-10-20-30-53/h7,13,15,25,27,33,36-40,43-50H,6,8-12,14,16-24,26,28-32,34-35H2,1-5H3. The van der Waals surface area contributed by atoms with Gasteiger partial charge in [-0.1, -0.05) is 109 Å². The Morgan fingerprint density at radius 1 is 0.759 bits per heavy atom. The molecule has 5 heteroatoms. The van der Waals surface area contributed by atoms with Crippen LogP contribution in [0.2, 0.25) is 17.5 Å². The lowest BCUT2D eigenvalue weighted by atomic mass is 9.19. The molecular formula is C53H82BN3S. The minimum Gasteiger partial charge on any atom is -0.361 e. The Morgan fingerprint density at radius 2 is 1.57 bits per heavy atom. The van der Waals surface area contributed by atoms with Gasteiger partial charge in [0.15, 0.2) is 6.71 Å². The topological polar surface area (TPSA) is 9.72 Å². The van der Waals surface area contributed by atoms with E-state index in [0.717, 1.165) is 48.1 Å². The average molecular weight is 804 g/mol. The Balaban J connectivity index is 1.08. The summed E-state index contributed by atoms with van der Waals surface area (Å²) < 4.78 is 0. The van der Waals surface area contributed by atoms with E-state index in [0.29, 0.717) is 45.6 Å². The van der Waals surface area contributed by atoms with Crippen LogP contribution in [-0.2, 0) is 0 Å². The summed E-state index contributed by atoms with van der Waals surface area (Å²) in [6.07, 6.45) is 50.2. The lowest BCUT2D eigenvalue weighted by Gasteiger charge is -2.67. The second kappa shape index (κ2) is 15.4. The molecule has 11 rings (SSSR count). The molecule has 0 bridgehead atoms. The van der Waals surface area contributed by atoms with Crippen LogP contribution >= 0.6 is 11.8 Å². The van der Waals surface area contributed by atoms with Gasteiger partial charge < -0.3 is 4.90 Å². The Labute approximate surface area is 360 Å². The zero-order valence-corrected chi connectivity index (χ0v) is 38.6. The summed E-state index contributed by atoms with van der Waals surface area (Å²) >= 11 is 2.54. The maximum absolute atomic E-state index is 3.43. The number of hydrogen-bond acceptors (Lipinski definition) is 4. The van der Waals surface area contributed by atoms with Gasteiger partial charge >= 0.3 is 0 Å².